The fourth-order valence-corrected chi connectivity index (χ4v) is 3.44. The Morgan fingerprint density at radius 1 is 1.23 bits per heavy atom. The van der Waals surface area contributed by atoms with Crippen LogP contribution in [0.3, 0.4) is 0 Å². The van der Waals surface area contributed by atoms with Gasteiger partial charge in [0.15, 0.2) is 5.96 Å². The highest BCUT2D eigenvalue weighted by Crippen LogP contribution is 2.18. The molecule has 1 atom stereocenters. The van der Waals surface area contributed by atoms with Gasteiger partial charge in [0.2, 0.25) is 0 Å². The maximum absolute atomic E-state index is 5.92. The molecule has 1 aromatic carbocycles. The largest absolute Gasteiger partial charge is 0.489 e. The van der Waals surface area contributed by atoms with Crippen molar-refractivity contribution < 1.29 is 4.74 Å². The molecule has 2 aromatic rings. The second kappa shape index (κ2) is 12.8. The van der Waals surface area contributed by atoms with Crippen LogP contribution >= 0.6 is 35.6 Å². The number of nitrogens with zero attached hydrogens (tertiary/aromatic N) is 3. The number of pyridine rings is 1. The molecule has 3 rings (SSSR count). The van der Waals surface area contributed by atoms with E-state index in [4.69, 9.17) is 21.3 Å². The van der Waals surface area contributed by atoms with Crippen LogP contribution in [0.1, 0.15) is 26.7 Å². The van der Waals surface area contributed by atoms with Crippen molar-refractivity contribution in [1.82, 2.24) is 15.6 Å². The molecular formula is C22H31ClIN5O. The topological polar surface area (TPSA) is 61.8 Å². The summed E-state index contributed by atoms with van der Waals surface area (Å²) in [5, 5.41) is 7.62. The third-order valence-electron chi connectivity index (χ3n) is 4.81. The van der Waals surface area contributed by atoms with Crippen molar-refractivity contribution in [2.75, 3.05) is 31.1 Å². The number of benzene rings is 1. The van der Waals surface area contributed by atoms with E-state index in [1.807, 2.05) is 49.5 Å². The minimum absolute atomic E-state index is 0. The van der Waals surface area contributed by atoms with Gasteiger partial charge in [0, 0.05) is 36.9 Å². The quantitative estimate of drug-likeness (QED) is 0.309. The zero-order valence-corrected chi connectivity index (χ0v) is 20.6. The van der Waals surface area contributed by atoms with E-state index >= 15 is 0 Å². The molecule has 0 bridgehead atoms. The molecule has 1 saturated heterocycles. The van der Waals surface area contributed by atoms with E-state index in [0.717, 1.165) is 50.0 Å². The lowest BCUT2D eigenvalue weighted by molar-refractivity contribution is 0.230. The molecule has 0 amide bonds. The zero-order valence-electron chi connectivity index (χ0n) is 17.6. The molecule has 30 heavy (non-hydrogen) atoms. The summed E-state index contributed by atoms with van der Waals surface area (Å²) < 4.78 is 5.92. The van der Waals surface area contributed by atoms with Crippen molar-refractivity contribution in [3.8, 4) is 5.75 Å². The molecule has 0 radical (unpaired) electrons. The zero-order chi connectivity index (χ0) is 20.5. The monoisotopic (exact) mass is 543 g/mol. The first-order valence-electron chi connectivity index (χ1n) is 10.3. The predicted octanol–water partition coefficient (Wildman–Crippen LogP) is 4.34. The van der Waals surface area contributed by atoms with E-state index in [9.17, 15) is 0 Å². The van der Waals surface area contributed by atoms with Crippen LogP contribution in [0.2, 0.25) is 5.02 Å². The van der Waals surface area contributed by atoms with Crippen LogP contribution in [-0.4, -0.2) is 49.3 Å². The molecule has 1 fully saturated rings. The molecule has 1 aliphatic rings. The van der Waals surface area contributed by atoms with Crippen molar-refractivity contribution >= 4 is 47.4 Å². The predicted molar refractivity (Wildman–Crippen MR) is 136 cm³/mol. The van der Waals surface area contributed by atoms with Gasteiger partial charge in [-0.2, -0.15) is 0 Å². The Hall–Kier alpha value is -1.74. The van der Waals surface area contributed by atoms with E-state index in [1.54, 1.807) is 0 Å². The Morgan fingerprint density at radius 2 is 1.97 bits per heavy atom. The summed E-state index contributed by atoms with van der Waals surface area (Å²) in [7, 11) is 0. The van der Waals surface area contributed by atoms with Crippen LogP contribution in [0.15, 0.2) is 53.7 Å². The van der Waals surface area contributed by atoms with Gasteiger partial charge in [0.25, 0.3) is 0 Å². The van der Waals surface area contributed by atoms with Crippen LogP contribution in [0.25, 0.3) is 0 Å². The Balaban J connectivity index is 0.00000320. The normalized spacial score (nSPS) is 15.8. The molecule has 164 valence electrons. The Labute approximate surface area is 201 Å². The van der Waals surface area contributed by atoms with Crippen molar-refractivity contribution in [3.05, 3.63) is 53.7 Å². The minimum atomic E-state index is -0.0300. The van der Waals surface area contributed by atoms with Crippen LogP contribution in [0, 0.1) is 0 Å². The van der Waals surface area contributed by atoms with Gasteiger partial charge in [-0.15, -0.1) is 24.0 Å². The van der Waals surface area contributed by atoms with Crippen LogP contribution in [0.4, 0.5) is 5.82 Å². The van der Waals surface area contributed by atoms with Crippen LogP contribution in [-0.2, 0) is 0 Å². The Kier molecular flexibility index (Phi) is 10.5. The standard InChI is InChI=1S/C22H30ClN5O.HI/c1-3-24-22(26-16-17(2)29-20-9-7-18(23)8-10-20)27-19-11-14-28(15-12-19)21-6-4-5-13-25-21;/h4-10,13,17,19H,3,11-12,14-16H2,1-2H3,(H2,24,26,27);1H. The molecule has 8 heteroatoms. The van der Waals surface area contributed by atoms with Crippen molar-refractivity contribution in [2.24, 2.45) is 4.99 Å². The van der Waals surface area contributed by atoms with Gasteiger partial charge in [0.1, 0.15) is 17.7 Å². The lowest BCUT2D eigenvalue weighted by Gasteiger charge is -2.33. The number of rotatable bonds is 7. The van der Waals surface area contributed by atoms with E-state index in [2.05, 4.69) is 33.5 Å². The highest BCUT2D eigenvalue weighted by molar-refractivity contribution is 14.0. The molecule has 1 unspecified atom stereocenters. The number of aliphatic imine (C=N–C) groups is 1. The summed E-state index contributed by atoms with van der Waals surface area (Å²) in [6.07, 6.45) is 3.93. The van der Waals surface area contributed by atoms with E-state index in [0.29, 0.717) is 17.6 Å². The Bertz CT molecular complexity index is 767. The first-order chi connectivity index (χ1) is 14.1. The van der Waals surface area contributed by atoms with Crippen molar-refractivity contribution in [1.29, 1.82) is 0 Å². The molecular weight excluding hydrogens is 513 g/mol. The average Bonchev–Trinajstić information content (AvgIpc) is 2.75. The van der Waals surface area contributed by atoms with Gasteiger partial charge < -0.3 is 20.3 Å². The molecule has 6 nitrogen and oxygen atoms in total. The number of nitrogens with one attached hydrogen (secondary N) is 2. The number of piperidine rings is 1. The fraction of sp³-hybridized carbons (Fsp3) is 0.455. The third kappa shape index (κ3) is 7.83. The molecule has 1 aromatic heterocycles. The first kappa shape index (κ1) is 24.5. The number of aromatic nitrogens is 1. The van der Waals surface area contributed by atoms with Gasteiger partial charge in [0.05, 0.1) is 6.54 Å². The van der Waals surface area contributed by atoms with Gasteiger partial charge in [-0.25, -0.2) is 9.98 Å². The lowest BCUT2D eigenvalue weighted by atomic mass is 10.1. The highest BCUT2D eigenvalue weighted by atomic mass is 127. The number of halogens is 2. The fourth-order valence-electron chi connectivity index (χ4n) is 3.31. The van der Waals surface area contributed by atoms with Crippen LogP contribution in [0.5, 0.6) is 5.75 Å². The third-order valence-corrected chi connectivity index (χ3v) is 5.06. The molecule has 0 saturated carbocycles. The van der Waals surface area contributed by atoms with E-state index < -0.39 is 0 Å². The molecule has 0 spiro atoms. The van der Waals surface area contributed by atoms with Gasteiger partial charge in [-0.1, -0.05) is 17.7 Å². The van der Waals surface area contributed by atoms with Crippen molar-refractivity contribution in [3.63, 3.8) is 0 Å². The van der Waals surface area contributed by atoms with Gasteiger partial charge in [-0.05, 0) is 63.1 Å². The minimum Gasteiger partial charge on any atom is -0.489 e. The first-order valence-corrected chi connectivity index (χ1v) is 10.6. The average molecular weight is 544 g/mol. The lowest BCUT2D eigenvalue weighted by Crippen LogP contribution is -2.49. The van der Waals surface area contributed by atoms with E-state index in [1.165, 1.54) is 0 Å². The maximum Gasteiger partial charge on any atom is 0.191 e. The van der Waals surface area contributed by atoms with E-state index in [-0.39, 0.29) is 30.1 Å². The summed E-state index contributed by atoms with van der Waals surface area (Å²) in [5.41, 5.74) is 0. The summed E-state index contributed by atoms with van der Waals surface area (Å²) in [6, 6.07) is 13.9. The second-order valence-corrected chi connectivity index (χ2v) is 7.63. The summed E-state index contributed by atoms with van der Waals surface area (Å²) in [5.74, 6) is 2.70. The molecule has 2 N–H and O–H groups in total. The number of ether oxygens (including phenoxy) is 1. The highest BCUT2D eigenvalue weighted by Gasteiger charge is 2.20. The van der Waals surface area contributed by atoms with Gasteiger partial charge >= 0.3 is 0 Å². The summed E-state index contributed by atoms with van der Waals surface area (Å²) in [6.45, 7) is 7.48. The van der Waals surface area contributed by atoms with Gasteiger partial charge in [-0.3, -0.25) is 0 Å². The molecule has 2 heterocycles. The molecule has 1 aliphatic heterocycles. The smallest absolute Gasteiger partial charge is 0.191 e. The number of anilines is 1. The van der Waals surface area contributed by atoms with Crippen LogP contribution < -0.4 is 20.3 Å². The number of hydrogen-bond donors (Lipinski definition) is 2. The molecule has 0 aliphatic carbocycles. The SMILES string of the molecule is CCNC(=NCC(C)Oc1ccc(Cl)cc1)NC1CCN(c2ccccn2)CC1.I. The summed E-state index contributed by atoms with van der Waals surface area (Å²) in [4.78, 5) is 11.5. The number of guanidine groups is 1. The Morgan fingerprint density at radius 3 is 2.60 bits per heavy atom. The number of hydrogen-bond acceptors (Lipinski definition) is 4. The summed E-state index contributed by atoms with van der Waals surface area (Å²) >= 11 is 5.92. The van der Waals surface area contributed by atoms with Crippen molar-refractivity contribution in [2.45, 2.75) is 38.8 Å². The maximum atomic E-state index is 5.92. The second-order valence-electron chi connectivity index (χ2n) is 7.20.